The molecular weight excluding hydrogens is 457 g/mol. The molecule has 2 aliphatic rings. The van der Waals surface area contributed by atoms with Crippen LogP contribution in [0.1, 0.15) is 96.0 Å². The lowest BCUT2D eigenvalue weighted by Gasteiger charge is -2.29. The molecule has 2 aromatic rings. The Morgan fingerprint density at radius 1 is 0.778 bits per heavy atom. The van der Waals surface area contributed by atoms with Gasteiger partial charge in [0.1, 0.15) is 5.75 Å². The Morgan fingerprint density at radius 3 is 2.19 bits per heavy atom. The van der Waals surface area contributed by atoms with Crippen LogP contribution in [0.5, 0.6) is 5.75 Å². The molecule has 2 atom stereocenters. The third-order valence-electron chi connectivity index (χ3n) is 8.30. The monoisotopic (exact) mass is 498 g/mol. The van der Waals surface area contributed by atoms with Gasteiger partial charge in [0.05, 0.1) is 12.4 Å². The number of benzene rings is 2. The number of allylic oxidation sites excluding steroid dienone is 1. The van der Waals surface area contributed by atoms with Crippen molar-refractivity contribution >= 4 is 0 Å². The lowest BCUT2D eigenvalue weighted by atomic mass is 9.77. The van der Waals surface area contributed by atoms with E-state index in [0.29, 0.717) is 23.5 Å². The zero-order valence-electron chi connectivity index (χ0n) is 21.9. The number of unbranched alkanes of at least 4 members (excludes halogenated alkanes) is 1. The topological polar surface area (TPSA) is 9.23 Å². The molecule has 0 N–H and O–H groups in total. The second kappa shape index (κ2) is 12.8. The molecule has 0 bridgehead atoms. The number of hydrogen-bond acceptors (Lipinski definition) is 1. The van der Waals surface area contributed by atoms with Crippen molar-refractivity contribution in [1.29, 1.82) is 0 Å². The molecule has 2 unspecified atom stereocenters. The fraction of sp³-hybridized carbons (Fsp3) is 0.562. The van der Waals surface area contributed by atoms with Crippen LogP contribution < -0.4 is 4.74 Å². The third kappa shape index (κ3) is 6.55. The van der Waals surface area contributed by atoms with Gasteiger partial charge in [-0.15, -0.1) is 0 Å². The minimum atomic E-state index is -0.766. The first-order chi connectivity index (χ1) is 17.5. The summed E-state index contributed by atoms with van der Waals surface area (Å²) < 4.78 is 50.5. The van der Waals surface area contributed by atoms with Gasteiger partial charge in [-0.05, 0) is 86.1 Å². The molecule has 0 heterocycles. The van der Waals surface area contributed by atoms with E-state index in [-0.39, 0.29) is 29.1 Å². The summed E-state index contributed by atoms with van der Waals surface area (Å²) in [6.07, 6.45) is 13.1. The van der Waals surface area contributed by atoms with Gasteiger partial charge in [-0.1, -0.05) is 63.8 Å². The molecule has 1 fully saturated rings. The van der Waals surface area contributed by atoms with E-state index in [1.807, 2.05) is 0 Å². The number of hydrogen-bond donors (Lipinski definition) is 0. The van der Waals surface area contributed by atoms with Crippen LogP contribution in [0.4, 0.5) is 13.2 Å². The minimum absolute atomic E-state index is 0.00796. The van der Waals surface area contributed by atoms with E-state index in [2.05, 4.69) is 13.8 Å². The third-order valence-corrected chi connectivity index (χ3v) is 8.30. The Labute approximate surface area is 215 Å². The second-order valence-electron chi connectivity index (χ2n) is 10.9. The highest BCUT2D eigenvalue weighted by atomic mass is 19.2. The summed E-state index contributed by atoms with van der Waals surface area (Å²) in [5.41, 5.74) is 1.42. The average molecular weight is 499 g/mol. The molecule has 0 radical (unpaired) electrons. The molecule has 196 valence electrons. The Balaban J connectivity index is 1.35. The van der Waals surface area contributed by atoms with Crippen LogP contribution >= 0.6 is 0 Å². The quantitative estimate of drug-likeness (QED) is 0.317. The van der Waals surface area contributed by atoms with Crippen LogP contribution in [0, 0.1) is 29.4 Å². The summed E-state index contributed by atoms with van der Waals surface area (Å²) in [4.78, 5) is 0. The van der Waals surface area contributed by atoms with Crippen LogP contribution in [0.15, 0.2) is 48.3 Å². The first kappa shape index (κ1) is 26.8. The largest absolute Gasteiger partial charge is 0.493 e. The summed E-state index contributed by atoms with van der Waals surface area (Å²) in [7, 11) is 0. The standard InChI is InChI=1S/C32H41F3O/c1-3-5-7-26-13-10-23(20-30(26)33)21-36-27-16-14-25(15-17-27)29-19-18-28(31(34)32(29)35)24-11-8-22(6-4-2)9-12-24/h14-20,22-24,26H,3-13,21H2,1-2H3. The van der Waals surface area contributed by atoms with Gasteiger partial charge in [-0.3, -0.25) is 0 Å². The molecule has 2 aromatic carbocycles. The molecule has 4 rings (SSSR count). The van der Waals surface area contributed by atoms with Crippen molar-refractivity contribution in [3.8, 4) is 16.9 Å². The molecule has 0 amide bonds. The van der Waals surface area contributed by atoms with Gasteiger partial charge in [0, 0.05) is 17.4 Å². The highest BCUT2D eigenvalue weighted by Gasteiger charge is 2.26. The fourth-order valence-electron chi connectivity index (χ4n) is 6.07. The highest BCUT2D eigenvalue weighted by molar-refractivity contribution is 5.65. The van der Waals surface area contributed by atoms with E-state index < -0.39 is 11.6 Å². The van der Waals surface area contributed by atoms with Gasteiger partial charge < -0.3 is 4.74 Å². The van der Waals surface area contributed by atoms with Gasteiger partial charge in [0.15, 0.2) is 11.6 Å². The van der Waals surface area contributed by atoms with E-state index in [0.717, 1.165) is 63.7 Å². The maximum absolute atomic E-state index is 15.1. The number of halogens is 3. The van der Waals surface area contributed by atoms with Crippen molar-refractivity contribution in [1.82, 2.24) is 0 Å². The van der Waals surface area contributed by atoms with E-state index in [1.54, 1.807) is 42.5 Å². The Hall–Kier alpha value is -2.23. The van der Waals surface area contributed by atoms with Crippen molar-refractivity contribution in [3.05, 3.63) is 65.5 Å². The molecule has 0 aromatic heterocycles. The summed E-state index contributed by atoms with van der Waals surface area (Å²) in [6, 6.07) is 10.6. The first-order valence-corrected chi connectivity index (χ1v) is 14.1. The second-order valence-corrected chi connectivity index (χ2v) is 10.9. The molecule has 0 spiro atoms. The number of ether oxygens (including phenoxy) is 1. The van der Waals surface area contributed by atoms with Crippen LogP contribution in [0.3, 0.4) is 0 Å². The molecule has 2 aliphatic carbocycles. The SMILES string of the molecule is CCCCC1CCC(COc2ccc(-c3ccc(C4CCC(CCC)CC4)c(F)c3F)cc2)C=C1F. The van der Waals surface area contributed by atoms with Crippen LogP contribution in [0.2, 0.25) is 0 Å². The molecular formula is C32H41F3O. The molecule has 0 saturated heterocycles. The molecule has 0 aliphatic heterocycles. The smallest absolute Gasteiger partial charge is 0.166 e. The predicted octanol–water partition coefficient (Wildman–Crippen LogP) is 10.2. The Kier molecular flexibility index (Phi) is 9.56. The van der Waals surface area contributed by atoms with E-state index >= 15 is 8.78 Å². The van der Waals surface area contributed by atoms with Gasteiger partial charge in [0.25, 0.3) is 0 Å². The van der Waals surface area contributed by atoms with E-state index in [4.69, 9.17) is 4.74 Å². The summed E-state index contributed by atoms with van der Waals surface area (Å²) in [5.74, 6) is 0.174. The van der Waals surface area contributed by atoms with Gasteiger partial charge >= 0.3 is 0 Å². The van der Waals surface area contributed by atoms with Crippen molar-refractivity contribution in [2.45, 2.75) is 90.4 Å². The van der Waals surface area contributed by atoms with Crippen LogP contribution in [-0.4, -0.2) is 6.61 Å². The van der Waals surface area contributed by atoms with Crippen molar-refractivity contribution in [2.75, 3.05) is 6.61 Å². The molecule has 36 heavy (non-hydrogen) atoms. The van der Waals surface area contributed by atoms with Gasteiger partial charge in [-0.2, -0.15) is 0 Å². The fourth-order valence-corrected chi connectivity index (χ4v) is 6.07. The maximum atomic E-state index is 15.1. The van der Waals surface area contributed by atoms with Gasteiger partial charge in [0.2, 0.25) is 0 Å². The maximum Gasteiger partial charge on any atom is 0.166 e. The van der Waals surface area contributed by atoms with Crippen molar-refractivity contribution in [3.63, 3.8) is 0 Å². The Bertz CT molecular complexity index is 1000. The van der Waals surface area contributed by atoms with Crippen molar-refractivity contribution in [2.24, 2.45) is 17.8 Å². The minimum Gasteiger partial charge on any atom is -0.493 e. The summed E-state index contributed by atoms with van der Waals surface area (Å²) in [5, 5.41) is 0. The van der Waals surface area contributed by atoms with Crippen LogP contribution in [-0.2, 0) is 0 Å². The normalized spacial score (nSPS) is 24.4. The molecule has 4 heteroatoms. The number of rotatable bonds is 10. The molecule has 1 nitrogen and oxygen atoms in total. The zero-order valence-corrected chi connectivity index (χ0v) is 21.9. The first-order valence-electron chi connectivity index (χ1n) is 14.1. The van der Waals surface area contributed by atoms with Crippen molar-refractivity contribution < 1.29 is 17.9 Å². The lowest BCUT2D eigenvalue weighted by Crippen LogP contribution is -2.18. The van der Waals surface area contributed by atoms with E-state index in [9.17, 15) is 4.39 Å². The molecule has 1 saturated carbocycles. The summed E-state index contributed by atoms with van der Waals surface area (Å²) >= 11 is 0. The highest BCUT2D eigenvalue weighted by Crippen LogP contribution is 2.40. The van der Waals surface area contributed by atoms with Gasteiger partial charge in [-0.25, -0.2) is 13.2 Å². The summed E-state index contributed by atoms with van der Waals surface area (Å²) in [6.45, 7) is 4.76. The predicted molar refractivity (Wildman–Crippen MR) is 142 cm³/mol. The van der Waals surface area contributed by atoms with E-state index in [1.165, 1.54) is 12.8 Å². The van der Waals surface area contributed by atoms with Crippen LogP contribution in [0.25, 0.3) is 11.1 Å². The average Bonchev–Trinajstić information content (AvgIpc) is 2.90. The lowest BCUT2D eigenvalue weighted by molar-refractivity contribution is 0.239. The Morgan fingerprint density at radius 2 is 1.53 bits per heavy atom. The zero-order chi connectivity index (χ0) is 25.5.